The number of carboxylic acid groups (broad SMARTS) is 1. The van der Waals surface area contributed by atoms with Crippen molar-refractivity contribution in [1.82, 2.24) is 25.1 Å². The maximum Gasteiger partial charge on any atom is 0.326 e. The second-order valence-electron chi connectivity index (χ2n) is 8.07. The van der Waals surface area contributed by atoms with Gasteiger partial charge < -0.3 is 20.0 Å². The van der Waals surface area contributed by atoms with Crippen molar-refractivity contribution in [2.45, 2.75) is 42.9 Å². The molecule has 5 rings (SSSR count). The SMILES string of the molecule is O=C(CSc1nnc(Cc2cccs2)n1C1CC1)NC(Cc1c[nH]c2ccccc12)C(=O)O. The molecule has 3 aromatic heterocycles. The summed E-state index contributed by atoms with van der Waals surface area (Å²) in [5.41, 5.74) is 1.80. The molecule has 170 valence electrons. The first-order chi connectivity index (χ1) is 16.1. The Morgan fingerprint density at radius 3 is 2.85 bits per heavy atom. The third kappa shape index (κ3) is 4.96. The fourth-order valence-corrected chi connectivity index (χ4v) is 5.42. The third-order valence-corrected chi connectivity index (χ3v) is 7.44. The standard InChI is InChI=1S/C23H23N5O3S2/c29-21(25-19(22(30)31)10-14-12-24-18-6-2-1-5-17(14)18)13-33-23-27-26-20(28(23)15-7-8-15)11-16-4-3-9-32-16/h1-6,9,12,15,19,24H,7-8,10-11,13H2,(H,25,29)(H,30,31). The minimum atomic E-state index is -1.06. The van der Waals surface area contributed by atoms with Crippen LogP contribution in [0.5, 0.6) is 0 Å². The maximum absolute atomic E-state index is 12.6. The number of hydrogen-bond acceptors (Lipinski definition) is 6. The number of fused-ring (bicyclic) bond motifs is 1. The summed E-state index contributed by atoms with van der Waals surface area (Å²) < 4.78 is 2.14. The number of carbonyl (C=O) groups is 2. The van der Waals surface area contributed by atoms with Crippen LogP contribution in [0, 0.1) is 0 Å². The molecule has 0 spiro atoms. The molecule has 0 bridgehead atoms. The quantitative estimate of drug-likeness (QED) is 0.298. The average molecular weight is 482 g/mol. The van der Waals surface area contributed by atoms with E-state index < -0.39 is 12.0 Å². The molecule has 3 heterocycles. The molecule has 3 N–H and O–H groups in total. The normalized spacial score (nSPS) is 14.4. The molecule has 1 atom stereocenters. The van der Waals surface area contributed by atoms with Crippen LogP contribution in [-0.2, 0) is 22.4 Å². The fraction of sp³-hybridized carbons (Fsp3) is 0.304. The van der Waals surface area contributed by atoms with Gasteiger partial charge in [0.05, 0.1) is 5.75 Å². The van der Waals surface area contributed by atoms with Gasteiger partial charge >= 0.3 is 5.97 Å². The van der Waals surface area contributed by atoms with Gasteiger partial charge in [0.25, 0.3) is 0 Å². The van der Waals surface area contributed by atoms with Crippen LogP contribution < -0.4 is 5.32 Å². The summed E-state index contributed by atoms with van der Waals surface area (Å²) in [6.45, 7) is 0. The molecule has 1 aromatic carbocycles. The number of thiophene rings is 1. The van der Waals surface area contributed by atoms with Gasteiger partial charge in [-0.05, 0) is 35.9 Å². The molecule has 1 amide bonds. The summed E-state index contributed by atoms with van der Waals surface area (Å²) >= 11 is 2.99. The third-order valence-electron chi connectivity index (χ3n) is 5.62. The van der Waals surface area contributed by atoms with E-state index in [0.29, 0.717) is 11.2 Å². The number of para-hydroxylation sites is 1. The van der Waals surface area contributed by atoms with Gasteiger partial charge in [-0.2, -0.15) is 0 Å². The molecule has 1 fully saturated rings. The predicted octanol–water partition coefficient (Wildman–Crippen LogP) is 3.65. The Morgan fingerprint density at radius 1 is 1.24 bits per heavy atom. The molecule has 1 unspecified atom stereocenters. The first-order valence-electron chi connectivity index (χ1n) is 10.7. The number of aromatic nitrogens is 4. The van der Waals surface area contributed by atoms with Crippen LogP contribution in [0.3, 0.4) is 0 Å². The zero-order valence-electron chi connectivity index (χ0n) is 17.7. The lowest BCUT2D eigenvalue weighted by molar-refractivity contribution is -0.141. The minimum Gasteiger partial charge on any atom is -0.480 e. The fourth-order valence-electron chi connectivity index (χ4n) is 3.88. The highest BCUT2D eigenvalue weighted by atomic mass is 32.2. The number of aromatic amines is 1. The predicted molar refractivity (Wildman–Crippen MR) is 128 cm³/mol. The highest BCUT2D eigenvalue weighted by Gasteiger charge is 2.30. The Balaban J connectivity index is 1.23. The van der Waals surface area contributed by atoms with Crippen molar-refractivity contribution in [2.75, 3.05) is 5.75 Å². The highest BCUT2D eigenvalue weighted by molar-refractivity contribution is 7.99. The van der Waals surface area contributed by atoms with Crippen molar-refractivity contribution in [3.8, 4) is 0 Å². The summed E-state index contributed by atoms with van der Waals surface area (Å²) in [5.74, 6) is -0.400. The topological polar surface area (TPSA) is 113 Å². The average Bonchev–Trinajstić information content (AvgIpc) is 3.19. The molecule has 1 aliphatic rings. The molecule has 0 radical (unpaired) electrons. The van der Waals surface area contributed by atoms with Gasteiger partial charge in [0.2, 0.25) is 5.91 Å². The van der Waals surface area contributed by atoms with E-state index in [-0.39, 0.29) is 18.1 Å². The van der Waals surface area contributed by atoms with Gasteiger partial charge in [0, 0.05) is 40.9 Å². The van der Waals surface area contributed by atoms with Crippen molar-refractivity contribution in [2.24, 2.45) is 0 Å². The van der Waals surface area contributed by atoms with E-state index in [1.54, 1.807) is 17.5 Å². The monoisotopic (exact) mass is 481 g/mol. The van der Waals surface area contributed by atoms with E-state index in [1.807, 2.05) is 35.7 Å². The number of carboxylic acids is 1. The highest BCUT2D eigenvalue weighted by Crippen LogP contribution is 2.39. The molecular formula is C23H23N5O3S2. The molecule has 4 aromatic rings. The van der Waals surface area contributed by atoms with Crippen molar-refractivity contribution in [3.05, 3.63) is 64.2 Å². The van der Waals surface area contributed by atoms with E-state index in [1.165, 1.54) is 16.6 Å². The molecule has 8 nitrogen and oxygen atoms in total. The molecule has 0 saturated heterocycles. The Hall–Kier alpha value is -3.11. The van der Waals surface area contributed by atoms with Crippen LogP contribution in [0.15, 0.2) is 53.1 Å². The van der Waals surface area contributed by atoms with E-state index in [9.17, 15) is 14.7 Å². The number of aliphatic carboxylic acids is 1. The second kappa shape index (κ2) is 9.40. The number of amides is 1. The lowest BCUT2D eigenvalue weighted by atomic mass is 10.1. The molecule has 1 aliphatic carbocycles. The number of nitrogens with one attached hydrogen (secondary N) is 2. The lowest BCUT2D eigenvalue weighted by Crippen LogP contribution is -2.43. The molecule has 1 saturated carbocycles. The van der Waals surface area contributed by atoms with Gasteiger partial charge in [-0.25, -0.2) is 4.79 Å². The molecule has 10 heteroatoms. The number of carbonyl (C=O) groups excluding carboxylic acids is 1. The Bertz CT molecular complexity index is 1280. The van der Waals surface area contributed by atoms with E-state index in [0.717, 1.165) is 41.6 Å². The van der Waals surface area contributed by atoms with Crippen LogP contribution in [0.1, 0.15) is 35.1 Å². The van der Waals surface area contributed by atoms with Crippen molar-refractivity contribution < 1.29 is 14.7 Å². The number of rotatable bonds is 10. The number of benzene rings is 1. The number of nitrogens with zero attached hydrogens (tertiary/aromatic N) is 3. The van der Waals surface area contributed by atoms with Crippen LogP contribution in [0.4, 0.5) is 0 Å². The molecule has 0 aliphatic heterocycles. The Labute approximate surface area is 198 Å². The summed E-state index contributed by atoms with van der Waals surface area (Å²) in [6.07, 6.45) is 4.90. The first kappa shape index (κ1) is 21.7. The van der Waals surface area contributed by atoms with Crippen LogP contribution in [-0.4, -0.2) is 48.5 Å². The number of H-pyrrole nitrogens is 1. The first-order valence-corrected chi connectivity index (χ1v) is 12.6. The maximum atomic E-state index is 12.6. The number of hydrogen-bond donors (Lipinski definition) is 3. The van der Waals surface area contributed by atoms with Crippen LogP contribution >= 0.6 is 23.1 Å². The summed E-state index contributed by atoms with van der Waals surface area (Å²) in [7, 11) is 0. The van der Waals surface area contributed by atoms with E-state index >= 15 is 0 Å². The largest absolute Gasteiger partial charge is 0.480 e. The van der Waals surface area contributed by atoms with Gasteiger partial charge in [0.1, 0.15) is 11.9 Å². The lowest BCUT2D eigenvalue weighted by Gasteiger charge is -2.14. The minimum absolute atomic E-state index is 0.0848. The van der Waals surface area contributed by atoms with Gasteiger partial charge in [-0.15, -0.1) is 21.5 Å². The zero-order chi connectivity index (χ0) is 22.8. The van der Waals surface area contributed by atoms with Gasteiger partial charge in [0.15, 0.2) is 5.16 Å². The summed E-state index contributed by atoms with van der Waals surface area (Å²) in [6, 6.07) is 11.2. The van der Waals surface area contributed by atoms with Crippen molar-refractivity contribution in [3.63, 3.8) is 0 Å². The number of thioether (sulfide) groups is 1. The van der Waals surface area contributed by atoms with Crippen molar-refractivity contribution >= 4 is 45.9 Å². The van der Waals surface area contributed by atoms with Gasteiger partial charge in [-0.3, -0.25) is 4.79 Å². The van der Waals surface area contributed by atoms with E-state index in [4.69, 9.17) is 0 Å². The van der Waals surface area contributed by atoms with Crippen molar-refractivity contribution in [1.29, 1.82) is 0 Å². The summed E-state index contributed by atoms with van der Waals surface area (Å²) in [5, 5.41) is 24.7. The smallest absolute Gasteiger partial charge is 0.326 e. The summed E-state index contributed by atoms with van der Waals surface area (Å²) in [4.78, 5) is 28.8. The van der Waals surface area contributed by atoms with Gasteiger partial charge in [-0.1, -0.05) is 36.0 Å². The van der Waals surface area contributed by atoms with E-state index in [2.05, 4.69) is 31.1 Å². The van der Waals surface area contributed by atoms with Crippen LogP contribution in [0.2, 0.25) is 0 Å². The Kier molecular flexibility index (Phi) is 6.19. The zero-order valence-corrected chi connectivity index (χ0v) is 19.4. The van der Waals surface area contributed by atoms with Crippen LogP contribution in [0.25, 0.3) is 10.9 Å². The second-order valence-corrected chi connectivity index (χ2v) is 10.0. The molecular weight excluding hydrogens is 458 g/mol. The Morgan fingerprint density at radius 2 is 2.09 bits per heavy atom. The molecule has 33 heavy (non-hydrogen) atoms.